The minimum absolute atomic E-state index is 0.00836. The van der Waals surface area contributed by atoms with Crippen molar-refractivity contribution in [2.45, 2.75) is 32.2 Å². The summed E-state index contributed by atoms with van der Waals surface area (Å²) in [5.74, 6) is -0.300. The smallest absolute Gasteiger partial charge is 0.279 e. The van der Waals surface area contributed by atoms with Crippen molar-refractivity contribution in [2.24, 2.45) is 4.99 Å². The lowest BCUT2D eigenvalue weighted by atomic mass is 9.90. The highest BCUT2D eigenvalue weighted by Gasteiger charge is 2.15. The summed E-state index contributed by atoms with van der Waals surface area (Å²) in [6.07, 6.45) is 4.40. The standard InChI is InChI=1S/C21H21N3O4S/c1-28-11-10-23-18-13-17(24(26)27)8-9-19(18)29-21(23)22-20(25)16-7-6-14-4-2-3-5-15(14)12-16/h6-9,12-13H,2-5,10-11H2,1H3. The molecule has 3 aromatic rings. The lowest BCUT2D eigenvalue weighted by Crippen LogP contribution is -2.19. The first kappa shape index (κ1) is 19.5. The summed E-state index contributed by atoms with van der Waals surface area (Å²) in [6, 6.07) is 10.5. The van der Waals surface area contributed by atoms with Gasteiger partial charge in [0.15, 0.2) is 4.80 Å². The fourth-order valence-electron chi connectivity index (χ4n) is 3.67. The fourth-order valence-corrected chi connectivity index (χ4v) is 4.71. The lowest BCUT2D eigenvalue weighted by molar-refractivity contribution is -0.384. The molecule has 0 saturated carbocycles. The van der Waals surface area contributed by atoms with Gasteiger partial charge in [-0.3, -0.25) is 14.9 Å². The molecule has 7 nitrogen and oxygen atoms in total. The highest BCUT2D eigenvalue weighted by molar-refractivity contribution is 7.16. The molecule has 1 heterocycles. The third kappa shape index (κ3) is 3.99. The summed E-state index contributed by atoms with van der Waals surface area (Å²) in [5, 5.41) is 11.2. The van der Waals surface area contributed by atoms with Crippen molar-refractivity contribution in [2.75, 3.05) is 13.7 Å². The van der Waals surface area contributed by atoms with Gasteiger partial charge in [0.1, 0.15) is 0 Å². The zero-order chi connectivity index (χ0) is 20.4. The van der Waals surface area contributed by atoms with Crippen molar-refractivity contribution in [3.8, 4) is 0 Å². The van der Waals surface area contributed by atoms with Crippen LogP contribution in [0.2, 0.25) is 0 Å². The highest BCUT2D eigenvalue weighted by atomic mass is 32.1. The SMILES string of the molecule is COCCn1c(=NC(=O)c2ccc3c(c2)CCCC3)sc2ccc([N+](=O)[O-])cc21. The van der Waals surface area contributed by atoms with Gasteiger partial charge >= 0.3 is 0 Å². The molecule has 4 rings (SSSR count). The number of carbonyl (C=O) groups is 1. The molecule has 150 valence electrons. The van der Waals surface area contributed by atoms with Crippen LogP contribution in [0.5, 0.6) is 0 Å². The van der Waals surface area contributed by atoms with Crippen LogP contribution in [0, 0.1) is 10.1 Å². The second-order valence-electron chi connectivity index (χ2n) is 7.05. The summed E-state index contributed by atoms with van der Waals surface area (Å²) in [6.45, 7) is 0.864. The van der Waals surface area contributed by atoms with Gasteiger partial charge in [-0.2, -0.15) is 4.99 Å². The monoisotopic (exact) mass is 411 g/mol. The number of amides is 1. The minimum Gasteiger partial charge on any atom is -0.383 e. The molecule has 1 aliphatic carbocycles. The Kier molecular flexibility index (Phi) is 5.55. The van der Waals surface area contributed by atoms with Crippen LogP contribution in [0.1, 0.15) is 34.3 Å². The van der Waals surface area contributed by atoms with Crippen molar-refractivity contribution in [3.63, 3.8) is 0 Å². The van der Waals surface area contributed by atoms with Crippen LogP contribution >= 0.6 is 11.3 Å². The van der Waals surface area contributed by atoms with Gasteiger partial charge in [0.05, 0.1) is 21.7 Å². The molecular formula is C21H21N3O4S. The van der Waals surface area contributed by atoms with E-state index in [0.717, 1.165) is 24.0 Å². The molecule has 1 aromatic heterocycles. The molecule has 0 aliphatic heterocycles. The number of rotatable bonds is 5. The Bertz CT molecular complexity index is 1160. The Balaban J connectivity index is 1.78. The van der Waals surface area contributed by atoms with Gasteiger partial charge in [-0.15, -0.1) is 0 Å². The van der Waals surface area contributed by atoms with Gasteiger partial charge in [0.2, 0.25) is 0 Å². The number of nitro groups is 1. The predicted octanol–water partition coefficient (Wildman–Crippen LogP) is 3.88. The maximum absolute atomic E-state index is 12.9. The number of nitrogens with zero attached hydrogens (tertiary/aromatic N) is 3. The maximum atomic E-state index is 12.9. The Morgan fingerprint density at radius 1 is 1.21 bits per heavy atom. The Morgan fingerprint density at radius 2 is 2.00 bits per heavy atom. The van der Waals surface area contributed by atoms with Crippen molar-refractivity contribution in [1.82, 2.24) is 4.57 Å². The van der Waals surface area contributed by atoms with E-state index in [0.29, 0.717) is 29.0 Å². The Hall–Kier alpha value is -2.84. The number of methoxy groups -OCH3 is 1. The van der Waals surface area contributed by atoms with Gasteiger partial charge in [-0.1, -0.05) is 17.4 Å². The second kappa shape index (κ2) is 8.26. The van der Waals surface area contributed by atoms with Crippen LogP contribution < -0.4 is 4.80 Å². The summed E-state index contributed by atoms with van der Waals surface area (Å²) in [7, 11) is 1.59. The predicted molar refractivity (Wildman–Crippen MR) is 111 cm³/mol. The molecule has 0 fully saturated rings. The number of benzene rings is 2. The van der Waals surface area contributed by atoms with E-state index in [4.69, 9.17) is 4.74 Å². The van der Waals surface area contributed by atoms with E-state index in [1.807, 2.05) is 22.8 Å². The zero-order valence-electron chi connectivity index (χ0n) is 16.1. The van der Waals surface area contributed by atoms with E-state index < -0.39 is 4.92 Å². The van der Waals surface area contributed by atoms with E-state index in [9.17, 15) is 14.9 Å². The molecule has 2 aromatic carbocycles. The number of aromatic nitrogens is 1. The maximum Gasteiger partial charge on any atom is 0.279 e. The quantitative estimate of drug-likeness (QED) is 0.471. The van der Waals surface area contributed by atoms with E-state index in [1.165, 1.54) is 41.0 Å². The van der Waals surface area contributed by atoms with Crippen LogP contribution in [0.4, 0.5) is 5.69 Å². The summed E-state index contributed by atoms with van der Waals surface area (Å²) in [5.41, 5.74) is 3.81. The molecule has 0 spiro atoms. The average molecular weight is 411 g/mol. The number of fused-ring (bicyclic) bond motifs is 2. The molecule has 1 aliphatic rings. The van der Waals surface area contributed by atoms with E-state index in [1.54, 1.807) is 13.2 Å². The number of nitro benzene ring substituents is 1. The summed E-state index contributed by atoms with van der Waals surface area (Å²) in [4.78, 5) is 28.5. The number of hydrogen-bond donors (Lipinski definition) is 0. The molecule has 0 atom stereocenters. The van der Waals surface area contributed by atoms with Gasteiger partial charge in [0.25, 0.3) is 11.6 Å². The molecule has 29 heavy (non-hydrogen) atoms. The molecule has 0 unspecified atom stereocenters. The molecular weight excluding hydrogens is 390 g/mol. The molecule has 0 bridgehead atoms. The second-order valence-corrected chi connectivity index (χ2v) is 8.05. The topological polar surface area (TPSA) is 86.7 Å². The van der Waals surface area contributed by atoms with E-state index >= 15 is 0 Å². The van der Waals surface area contributed by atoms with Gasteiger partial charge < -0.3 is 9.30 Å². The van der Waals surface area contributed by atoms with Gasteiger partial charge in [-0.05, 0) is 55.0 Å². The average Bonchev–Trinajstić information content (AvgIpc) is 3.07. The van der Waals surface area contributed by atoms with Crippen molar-refractivity contribution in [3.05, 3.63) is 68.0 Å². The molecule has 1 amide bonds. The minimum atomic E-state index is -0.424. The van der Waals surface area contributed by atoms with Crippen LogP contribution in [0.15, 0.2) is 41.4 Å². The van der Waals surface area contributed by atoms with Crippen LogP contribution in [0.25, 0.3) is 10.2 Å². The Morgan fingerprint density at radius 3 is 2.76 bits per heavy atom. The number of thiazole rings is 1. The molecule has 8 heteroatoms. The number of aryl methyl sites for hydroxylation is 2. The zero-order valence-corrected chi connectivity index (χ0v) is 16.9. The highest BCUT2D eigenvalue weighted by Crippen LogP contribution is 2.24. The third-order valence-corrected chi connectivity index (χ3v) is 6.25. The number of ether oxygens (including phenoxy) is 1. The van der Waals surface area contributed by atoms with Crippen molar-refractivity contribution >= 4 is 33.1 Å². The van der Waals surface area contributed by atoms with Crippen LogP contribution in [-0.4, -0.2) is 29.1 Å². The first-order chi connectivity index (χ1) is 14.1. The number of carbonyl (C=O) groups excluding carboxylic acids is 1. The van der Waals surface area contributed by atoms with Gasteiger partial charge in [-0.25, -0.2) is 0 Å². The van der Waals surface area contributed by atoms with E-state index in [2.05, 4.69) is 4.99 Å². The normalized spacial score (nSPS) is 14.2. The first-order valence-corrected chi connectivity index (χ1v) is 10.4. The summed E-state index contributed by atoms with van der Waals surface area (Å²) >= 11 is 1.34. The number of non-ortho nitro benzene ring substituents is 1. The first-order valence-electron chi connectivity index (χ1n) is 9.54. The molecule has 0 N–H and O–H groups in total. The molecule has 0 radical (unpaired) electrons. The number of hydrogen-bond acceptors (Lipinski definition) is 5. The molecule has 0 saturated heterocycles. The van der Waals surface area contributed by atoms with Crippen LogP contribution in [-0.2, 0) is 24.1 Å². The van der Waals surface area contributed by atoms with Crippen molar-refractivity contribution < 1.29 is 14.5 Å². The fraction of sp³-hybridized carbons (Fsp3) is 0.333. The third-order valence-electron chi connectivity index (χ3n) is 5.19. The van der Waals surface area contributed by atoms with Crippen LogP contribution in [0.3, 0.4) is 0 Å². The largest absolute Gasteiger partial charge is 0.383 e. The lowest BCUT2D eigenvalue weighted by Gasteiger charge is -2.15. The summed E-state index contributed by atoms with van der Waals surface area (Å²) < 4.78 is 7.82. The van der Waals surface area contributed by atoms with E-state index in [-0.39, 0.29) is 11.6 Å². The Labute approximate surface area is 171 Å². The van der Waals surface area contributed by atoms with Gasteiger partial charge in [0, 0.05) is 31.4 Å². The van der Waals surface area contributed by atoms with Crippen molar-refractivity contribution in [1.29, 1.82) is 0 Å².